The lowest BCUT2D eigenvalue weighted by Crippen LogP contribution is -2.53. The van der Waals surface area contributed by atoms with Gasteiger partial charge in [0.2, 0.25) is 0 Å². The van der Waals surface area contributed by atoms with Gasteiger partial charge in [-0.1, -0.05) is 0 Å². The Kier molecular flexibility index (Phi) is 9.36. The largest absolute Gasteiger partial charge is 0.467 e. The van der Waals surface area contributed by atoms with Crippen molar-refractivity contribution in [1.82, 2.24) is 19.7 Å². The summed E-state index contributed by atoms with van der Waals surface area (Å²) in [5.41, 5.74) is -2.00. The number of carbonyl (C=O) groups excluding carboxylic acids is 2. The van der Waals surface area contributed by atoms with Crippen molar-refractivity contribution in [3.05, 3.63) is 82.4 Å². The summed E-state index contributed by atoms with van der Waals surface area (Å²) in [7, 11) is 0.997. The fraction of sp³-hybridized carbons (Fsp3) is 0.355. The first-order valence-electron chi connectivity index (χ1n) is 14.3. The second kappa shape index (κ2) is 13.0. The van der Waals surface area contributed by atoms with Crippen molar-refractivity contribution >= 4 is 23.2 Å². The Labute approximate surface area is 267 Å². The Morgan fingerprint density at radius 3 is 2.40 bits per heavy atom. The Bertz CT molecular complexity index is 1850. The van der Waals surface area contributed by atoms with Gasteiger partial charge < -0.3 is 24.1 Å². The predicted molar refractivity (Wildman–Crippen MR) is 154 cm³/mol. The SMILES string of the molecule is COC(=O)[C@H](Cc1ccc(-c2nc(C)c(C)cc2C(F)(F)F)c2nccn12)NC(=O)c1c(F)cc(N2CCOC[C@@H]2C(F)(F)F)cc1F. The fourth-order valence-corrected chi connectivity index (χ4v) is 5.45. The molecular weight excluding hydrogens is 658 g/mol. The van der Waals surface area contributed by atoms with Crippen molar-refractivity contribution in [1.29, 1.82) is 0 Å². The van der Waals surface area contributed by atoms with Gasteiger partial charge in [-0.05, 0) is 49.7 Å². The number of nitrogens with zero attached hydrogens (tertiary/aromatic N) is 4. The zero-order valence-electron chi connectivity index (χ0n) is 25.5. The van der Waals surface area contributed by atoms with Crippen LogP contribution in [0.2, 0.25) is 0 Å². The van der Waals surface area contributed by atoms with Crippen molar-refractivity contribution in [2.75, 3.05) is 31.8 Å². The zero-order valence-corrected chi connectivity index (χ0v) is 25.5. The Hall–Kier alpha value is -4.80. The molecule has 0 spiro atoms. The lowest BCUT2D eigenvalue weighted by atomic mass is 10.0. The number of rotatable bonds is 7. The van der Waals surface area contributed by atoms with Crippen LogP contribution in [0.25, 0.3) is 16.9 Å². The molecule has 0 unspecified atom stereocenters. The van der Waals surface area contributed by atoms with Crippen LogP contribution in [0.4, 0.5) is 40.8 Å². The van der Waals surface area contributed by atoms with E-state index in [1.165, 1.54) is 35.9 Å². The summed E-state index contributed by atoms with van der Waals surface area (Å²) in [6.45, 7) is 1.84. The van der Waals surface area contributed by atoms with E-state index in [0.29, 0.717) is 23.4 Å². The number of methoxy groups -OCH3 is 1. The first-order chi connectivity index (χ1) is 22.5. The first kappa shape index (κ1) is 34.5. The van der Waals surface area contributed by atoms with Gasteiger partial charge in [-0.25, -0.2) is 18.6 Å². The van der Waals surface area contributed by atoms with Crippen LogP contribution >= 0.6 is 0 Å². The Morgan fingerprint density at radius 2 is 1.77 bits per heavy atom. The van der Waals surface area contributed by atoms with E-state index in [1.807, 2.05) is 0 Å². The number of ether oxygens (including phenoxy) is 2. The number of carbonyl (C=O) groups is 2. The lowest BCUT2D eigenvalue weighted by Gasteiger charge is -2.38. The van der Waals surface area contributed by atoms with Crippen LogP contribution in [0.15, 0.2) is 42.7 Å². The number of halogens is 8. The molecule has 9 nitrogen and oxygen atoms in total. The lowest BCUT2D eigenvalue weighted by molar-refractivity contribution is -0.167. The quantitative estimate of drug-likeness (QED) is 0.200. The number of fused-ring (bicyclic) bond motifs is 1. The van der Waals surface area contributed by atoms with Gasteiger partial charge in [-0.15, -0.1) is 0 Å². The number of esters is 1. The average molecular weight is 686 g/mol. The summed E-state index contributed by atoms with van der Waals surface area (Å²) in [5, 5.41) is 2.19. The number of hydrogen-bond donors (Lipinski definition) is 1. The molecule has 256 valence electrons. The summed E-state index contributed by atoms with van der Waals surface area (Å²) in [6, 6.07) is 1.09. The number of amides is 1. The van der Waals surface area contributed by atoms with Gasteiger partial charge >= 0.3 is 18.3 Å². The van der Waals surface area contributed by atoms with E-state index >= 15 is 8.78 Å². The topological polar surface area (TPSA) is 98.1 Å². The maximum Gasteiger partial charge on any atom is 0.418 e. The minimum absolute atomic E-state index is 0.0232. The number of pyridine rings is 2. The fourth-order valence-electron chi connectivity index (χ4n) is 5.45. The van der Waals surface area contributed by atoms with Crippen LogP contribution in [0.3, 0.4) is 0 Å². The molecule has 1 aromatic carbocycles. The van der Waals surface area contributed by atoms with Crippen LogP contribution in [0, 0.1) is 25.5 Å². The van der Waals surface area contributed by atoms with Gasteiger partial charge in [0, 0.05) is 48.0 Å². The van der Waals surface area contributed by atoms with Crippen LogP contribution in [-0.4, -0.2) is 71.4 Å². The first-order valence-corrected chi connectivity index (χ1v) is 14.3. The molecule has 17 heteroatoms. The maximum absolute atomic E-state index is 15.2. The molecule has 1 N–H and O–H groups in total. The zero-order chi connectivity index (χ0) is 35.1. The average Bonchev–Trinajstić information content (AvgIpc) is 3.51. The molecule has 2 atom stereocenters. The van der Waals surface area contributed by atoms with Gasteiger partial charge in [0.15, 0.2) is 0 Å². The van der Waals surface area contributed by atoms with E-state index in [2.05, 4.69) is 15.3 Å². The van der Waals surface area contributed by atoms with Crippen molar-refractivity contribution in [3.8, 4) is 11.3 Å². The van der Waals surface area contributed by atoms with Crippen LogP contribution in [0.1, 0.15) is 32.9 Å². The normalized spacial score (nSPS) is 16.2. The Balaban J connectivity index is 1.45. The minimum Gasteiger partial charge on any atom is -0.467 e. The van der Waals surface area contributed by atoms with Crippen LogP contribution < -0.4 is 10.2 Å². The number of nitrogens with one attached hydrogen (secondary N) is 1. The third-order valence-corrected chi connectivity index (χ3v) is 7.96. The molecule has 48 heavy (non-hydrogen) atoms. The number of morpholine rings is 1. The van der Waals surface area contributed by atoms with Crippen molar-refractivity contribution in [2.45, 2.75) is 44.7 Å². The minimum atomic E-state index is -4.77. The molecule has 1 aliphatic heterocycles. The number of aryl methyl sites for hydroxylation is 2. The molecule has 0 saturated carbocycles. The highest BCUT2D eigenvalue weighted by Gasteiger charge is 2.46. The highest BCUT2D eigenvalue weighted by molar-refractivity contribution is 5.97. The molecule has 1 amide bonds. The summed E-state index contributed by atoms with van der Waals surface area (Å²) in [6.07, 6.45) is -7.19. The van der Waals surface area contributed by atoms with E-state index in [4.69, 9.17) is 9.47 Å². The third-order valence-electron chi connectivity index (χ3n) is 7.96. The molecule has 4 aromatic rings. The van der Waals surface area contributed by atoms with E-state index in [-0.39, 0.29) is 42.2 Å². The molecule has 3 aromatic heterocycles. The second-order valence-corrected chi connectivity index (χ2v) is 11.0. The maximum atomic E-state index is 15.2. The van der Waals surface area contributed by atoms with Crippen molar-refractivity contribution in [3.63, 3.8) is 0 Å². The smallest absolute Gasteiger partial charge is 0.418 e. The monoisotopic (exact) mass is 685 g/mol. The number of hydrogen-bond acceptors (Lipinski definition) is 7. The van der Waals surface area contributed by atoms with Crippen molar-refractivity contribution < 1.29 is 54.2 Å². The summed E-state index contributed by atoms with van der Waals surface area (Å²) in [5.74, 6) is -5.41. The van der Waals surface area contributed by atoms with Gasteiger partial charge in [-0.3, -0.25) is 9.78 Å². The third kappa shape index (κ3) is 6.77. The highest BCUT2D eigenvalue weighted by atomic mass is 19.4. The number of benzene rings is 1. The van der Waals surface area contributed by atoms with Crippen molar-refractivity contribution in [2.24, 2.45) is 0 Å². The molecule has 0 bridgehead atoms. The van der Waals surface area contributed by atoms with E-state index in [9.17, 15) is 35.9 Å². The van der Waals surface area contributed by atoms with E-state index in [0.717, 1.165) is 18.1 Å². The number of aromatic nitrogens is 3. The second-order valence-electron chi connectivity index (χ2n) is 11.0. The van der Waals surface area contributed by atoms with Crippen LogP contribution in [0.5, 0.6) is 0 Å². The van der Waals surface area contributed by atoms with Crippen LogP contribution in [-0.2, 0) is 26.9 Å². The predicted octanol–water partition coefficient (Wildman–Crippen LogP) is 5.59. The molecule has 0 radical (unpaired) electrons. The molecule has 1 fully saturated rings. The number of anilines is 1. The molecule has 1 saturated heterocycles. The molecule has 0 aliphatic carbocycles. The summed E-state index contributed by atoms with van der Waals surface area (Å²) >= 11 is 0. The van der Waals surface area contributed by atoms with Gasteiger partial charge in [0.1, 0.15) is 34.9 Å². The molecule has 5 rings (SSSR count). The van der Waals surface area contributed by atoms with Gasteiger partial charge in [-0.2, -0.15) is 26.3 Å². The number of imidazole rings is 1. The Morgan fingerprint density at radius 1 is 1.08 bits per heavy atom. The summed E-state index contributed by atoms with van der Waals surface area (Å²) < 4.78 is 124. The van der Waals surface area contributed by atoms with E-state index < -0.39 is 71.4 Å². The highest BCUT2D eigenvalue weighted by Crippen LogP contribution is 2.38. The molecule has 1 aliphatic rings. The molecular formula is C31H27F8N5O4. The van der Waals surface area contributed by atoms with Gasteiger partial charge in [0.05, 0.1) is 31.6 Å². The summed E-state index contributed by atoms with van der Waals surface area (Å²) in [4.78, 5) is 34.9. The van der Waals surface area contributed by atoms with E-state index in [1.54, 1.807) is 6.92 Å². The standard InChI is InChI=1S/C31H27F8N5O4/c1-15-10-20(30(34,35)36)26(41-16(15)2)19-5-4-17(44-7-6-40-27(19)44)13-23(29(46)47-3)42-28(45)25-21(32)11-18(12-22(25)33)43-8-9-48-14-24(43)31(37,38)39/h4-7,10-12,23-24H,8-9,13-14H2,1-3H3,(H,42,45)/t23-,24+/m0/s1. The number of alkyl halides is 6. The van der Waals surface area contributed by atoms with Gasteiger partial charge in [0.25, 0.3) is 5.91 Å². The molecule has 4 heterocycles.